The van der Waals surface area contributed by atoms with Gasteiger partial charge in [0, 0.05) is 62.1 Å². The van der Waals surface area contributed by atoms with Gasteiger partial charge < -0.3 is 29.8 Å². The molecule has 36 heavy (non-hydrogen) atoms. The molecule has 2 saturated heterocycles. The number of aromatic nitrogens is 1. The van der Waals surface area contributed by atoms with E-state index in [0.29, 0.717) is 5.56 Å². The van der Waals surface area contributed by atoms with Crippen LogP contribution in [0.1, 0.15) is 28.8 Å². The number of benzene rings is 2. The van der Waals surface area contributed by atoms with Crippen molar-refractivity contribution in [1.82, 2.24) is 15.2 Å². The van der Waals surface area contributed by atoms with Crippen LogP contribution in [0, 0.1) is 0 Å². The maximum atomic E-state index is 11.2. The highest BCUT2D eigenvalue weighted by atomic mass is 16.5. The molecule has 8 heteroatoms. The largest absolute Gasteiger partial charge is 0.497 e. The molecule has 5 rings (SSSR count). The minimum absolute atomic E-state index is 0.345. The molecule has 2 fully saturated rings. The number of fused-ring (bicyclic) bond motifs is 1. The topological polar surface area (TPSA) is 90.1 Å². The number of hydrogen-bond donors (Lipinski definition) is 3. The van der Waals surface area contributed by atoms with E-state index in [9.17, 15) is 9.90 Å². The molecule has 3 aromatic rings. The molecule has 0 bridgehead atoms. The number of nitrogens with zero attached hydrogens (tertiary/aromatic N) is 2. The standard InChI is InChI=1S/C24H29N3O3.C4H9NO/c1-30-21-8-6-20(7-9-21)27-14-12-26(13-15-27)11-3-2-4-19-17-25-23-10-5-18(24(28)29)16-22(19)23;1-3-6-4-2-5-1/h5-10,16-17,25H,2-4,11-15H2,1H3,(H,28,29);5H,1-4H2. The Morgan fingerprint density at radius 2 is 1.78 bits per heavy atom. The van der Waals surface area contributed by atoms with Gasteiger partial charge in [-0.25, -0.2) is 4.79 Å². The lowest BCUT2D eigenvalue weighted by Gasteiger charge is -2.36. The molecule has 3 N–H and O–H groups in total. The third-order valence-electron chi connectivity index (χ3n) is 6.84. The van der Waals surface area contributed by atoms with Crippen LogP contribution in [0.25, 0.3) is 10.9 Å². The minimum Gasteiger partial charge on any atom is -0.497 e. The summed E-state index contributed by atoms with van der Waals surface area (Å²) in [4.78, 5) is 19.5. The van der Waals surface area contributed by atoms with E-state index in [1.807, 2.05) is 24.4 Å². The molecule has 0 unspecified atom stereocenters. The number of methoxy groups -OCH3 is 1. The summed E-state index contributed by atoms with van der Waals surface area (Å²) in [6.07, 6.45) is 5.23. The van der Waals surface area contributed by atoms with Gasteiger partial charge in [-0.3, -0.25) is 4.90 Å². The lowest BCUT2D eigenvalue weighted by molar-refractivity contribution is 0.0697. The summed E-state index contributed by atoms with van der Waals surface area (Å²) in [7, 11) is 1.69. The van der Waals surface area contributed by atoms with Crippen LogP contribution in [0.2, 0.25) is 0 Å². The van der Waals surface area contributed by atoms with E-state index in [0.717, 1.165) is 94.9 Å². The Kier molecular flexibility index (Phi) is 9.61. The van der Waals surface area contributed by atoms with Gasteiger partial charge in [0.05, 0.1) is 25.9 Å². The van der Waals surface area contributed by atoms with Crippen LogP contribution in [0.15, 0.2) is 48.7 Å². The van der Waals surface area contributed by atoms with E-state index in [4.69, 9.17) is 9.47 Å². The second kappa shape index (κ2) is 13.3. The van der Waals surface area contributed by atoms with Gasteiger partial charge in [-0.15, -0.1) is 0 Å². The number of nitrogens with one attached hydrogen (secondary N) is 2. The van der Waals surface area contributed by atoms with Crippen molar-refractivity contribution >= 4 is 22.6 Å². The first-order valence-electron chi connectivity index (χ1n) is 12.9. The highest BCUT2D eigenvalue weighted by Gasteiger charge is 2.17. The number of carboxylic acid groups (broad SMARTS) is 1. The summed E-state index contributed by atoms with van der Waals surface area (Å²) in [6, 6.07) is 13.6. The summed E-state index contributed by atoms with van der Waals surface area (Å²) in [5, 5.41) is 13.4. The second-order valence-electron chi connectivity index (χ2n) is 9.23. The zero-order valence-corrected chi connectivity index (χ0v) is 21.2. The lowest BCUT2D eigenvalue weighted by Crippen LogP contribution is -2.46. The fourth-order valence-corrected chi connectivity index (χ4v) is 4.71. The molecule has 2 aromatic carbocycles. The zero-order chi connectivity index (χ0) is 25.2. The van der Waals surface area contributed by atoms with Crippen LogP contribution >= 0.6 is 0 Å². The summed E-state index contributed by atoms with van der Waals surface area (Å²) in [5.41, 5.74) is 3.82. The molecule has 2 aliphatic rings. The van der Waals surface area contributed by atoms with Crippen molar-refractivity contribution in [3.05, 3.63) is 59.8 Å². The fraction of sp³-hybridized carbons (Fsp3) is 0.464. The first kappa shape index (κ1) is 26.0. The van der Waals surface area contributed by atoms with Gasteiger partial charge >= 0.3 is 5.97 Å². The van der Waals surface area contributed by atoms with E-state index in [-0.39, 0.29) is 0 Å². The summed E-state index contributed by atoms with van der Waals surface area (Å²) < 4.78 is 10.2. The van der Waals surface area contributed by atoms with Crippen molar-refractivity contribution in [2.24, 2.45) is 0 Å². The molecule has 0 saturated carbocycles. The molecule has 0 spiro atoms. The number of rotatable bonds is 8. The molecule has 1 aromatic heterocycles. The number of anilines is 1. The normalized spacial score (nSPS) is 16.4. The second-order valence-corrected chi connectivity index (χ2v) is 9.23. The van der Waals surface area contributed by atoms with Gasteiger partial charge in [-0.2, -0.15) is 0 Å². The molecular formula is C28H38N4O4. The van der Waals surface area contributed by atoms with Gasteiger partial charge in [-0.05, 0) is 73.8 Å². The van der Waals surface area contributed by atoms with E-state index in [2.05, 4.69) is 32.2 Å². The Morgan fingerprint density at radius 3 is 2.39 bits per heavy atom. The van der Waals surface area contributed by atoms with Crippen LogP contribution in [0.4, 0.5) is 5.69 Å². The highest BCUT2D eigenvalue weighted by Crippen LogP contribution is 2.23. The minimum atomic E-state index is -0.877. The molecule has 0 aliphatic carbocycles. The molecule has 8 nitrogen and oxygen atoms in total. The van der Waals surface area contributed by atoms with Gasteiger partial charge in [0.1, 0.15) is 5.75 Å². The number of carboxylic acids is 1. The highest BCUT2D eigenvalue weighted by molar-refractivity contribution is 5.94. The van der Waals surface area contributed by atoms with Gasteiger partial charge in [0.15, 0.2) is 0 Å². The number of aromatic amines is 1. The number of ether oxygens (including phenoxy) is 2. The summed E-state index contributed by atoms with van der Waals surface area (Å²) >= 11 is 0. The Bertz CT molecular complexity index is 1080. The van der Waals surface area contributed by atoms with Crippen LogP contribution in [0.5, 0.6) is 5.75 Å². The number of piperazine rings is 1. The Labute approximate surface area is 213 Å². The number of morpholine rings is 1. The first-order valence-corrected chi connectivity index (χ1v) is 12.9. The zero-order valence-electron chi connectivity index (χ0n) is 21.2. The fourth-order valence-electron chi connectivity index (χ4n) is 4.71. The average Bonchev–Trinajstić information content (AvgIpc) is 3.35. The predicted molar refractivity (Wildman–Crippen MR) is 144 cm³/mol. The van der Waals surface area contributed by atoms with Crippen molar-refractivity contribution in [3.63, 3.8) is 0 Å². The Morgan fingerprint density at radius 1 is 1.03 bits per heavy atom. The number of aromatic carboxylic acids is 1. The van der Waals surface area contributed by atoms with Gasteiger partial charge in [0.25, 0.3) is 0 Å². The molecule has 0 atom stereocenters. The van der Waals surface area contributed by atoms with E-state index >= 15 is 0 Å². The van der Waals surface area contributed by atoms with Crippen molar-refractivity contribution in [2.75, 3.05) is 71.0 Å². The number of unbranched alkanes of at least 4 members (excludes halogenated alkanes) is 1. The van der Waals surface area contributed by atoms with Gasteiger partial charge in [0.2, 0.25) is 0 Å². The molecule has 194 valence electrons. The summed E-state index contributed by atoms with van der Waals surface area (Å²) in [5.74, 6) is 0.0182. The average molecular weight is 495 g/mol. The molecular weight excluding hydrogens is 456 g/mol. The monoisotopic (exact) mass is 494 g/mol. The Hall–Kier alpha value is -3.07. The van der Waals surface area contributed by atoms with Crippen LogP contribution in [0.3, 0.4) is 0 Å². The summed E-state index contributed by atoms with van der Waals surface area (Å²) in [6.45, 7) is 9.21. The molecule has 3 heterocycles. The number of H-pyrrole nitrogens is 1. The van der Waals surface area contributed by atoms with Crippen LogP contribution in [-0.4, -0.2) is 87.1 Å². The molecule has 0 radical (unpaired) electrons. The number of carbonyl (C=O) groups is 1. The maximum Gasteiger partial charge on any atom is 0.335 e. The third kappa shape index (κ3) is 7.22. The Balaban J connectivity index is 0.000000445. The van der Waals surface area contributed by atoms with E-state index < -0.39 is 5.97 Å². The van der Waals surface area contributed by atoms with Crippen LogP contribution < -0.4 is 15.0 Å². The number of hydrogen-bond acceptors (Lipinski definition) is 6. The van der Waals surface area contributed by atoms with Crippen molar-refractivity contribution in [1.29, 1.82) is 0 Å². The molecule has 0 amide bonds. The first-order chi connectivity index (χ1) is 17.6. The van der Waals surface area contributed by atoms with E-state index in [1.165, 1.54) is 11.3 Å². The molecule has 2 aliphatic heterocycles. The van der Waals surface area contributed by atoms with Gasteiger partial charge in [-0.1, -0.05) is 0 Å². The van der Waals surface area contributed by atoms with Crippen molar-refractivity contribution in [2.45, 2.75) is 19.3 Å². The predicted octanol–water partition coefficient (Wildman–Crippen LogP) is 3.63. The number of aryl methyl sites for hydroxylation is 1. The maximum absolute atomic E-state index is 11.2. The lowest BCUT2D eigenvalue weighted by atomic mass is 10.0. The quantitative estimate of drug-likeness (QED) is 0.412. The van der Waals surface area contributed by atoms with Crippen LogP contribution in [-0.2, 0) is 11.2 Å². The van der Waals surface area contributed by atoms with Crippen molar-refractivity contribution in [3.8, 4) is 5.75 Å². The smallest absolute Gasteiger partial charge is 0.335 e. The SMILES string of the molecule is C1COCCN1.COc1ccc(N2CCN(CCCCc3c[nH]c4ccc(C(=O)O)cc34)CC2)cc1. The third-order valence-corrected chi connectivity index (χ3v) is 6.84. The van der Waals surface area contributed by atoms with Crippen molar-refractivity contribution < 1.29 is 19.4 Å². The van der Waals surface area contributed by atoms with E-state index in [1.54, 1.807) is 19.2 Å².